The molecule has 1 atom stereocenters. The molecule has 2 amide bonds. The quantitative estimate of drug-likeness (QED) is 0.433. The number of amides is 2. The highest BCUT2D eigenvalue weighted by Gasteiger charge is 2.31. The summed E-state index contributed by atoms with van der Waals surface area (Å²) in [5.41, 5.74) is 1.63. The van der Waals surface area contributed by atoms with Crippen molar-refractivity contribution >= 4 is 35.0 Å². The molecule has 0 unspecified atom stereocenters. The Morgan fingerprint density at radius 1 is 1.03 bits per heavy atom. The van der Waals surface area contributed by atoms with Crippen LogP contribution in [0.3, 0.4) is 0 Å². The minimum atomic E-state index is -0.605. The van der Waals surface area contributed by atoms with Crippen LogP contribution in [0, 0.1) is 0 Å². The molecule has 1 saturated carbocycles. The Balaban J connectivity index is 1.52. The van der Waals surface area contributed by atoms with Crippen LogP contribution in [-0.4, -0.2) is 42.0 Å². The molecule has 2 aromatic carbocycles. The van der Waals surface area contributed by atoms with Gasteiger partial charge in [0.05, 0.1) is 0 Å². The Morgan fingerprint density at radius 2 is 1.72 bits per heavy atom. The van der Waals surface area contributed by atoms with Gasteiger partial charge in [-0.15, -0.1) is 0 Å². The molecule has 0 radical (unpaired) electrons. The van der Waals surface area contributed by atoms with Crippen LogP contribution in [0.5, 0.6) is 11.5 Å². The second-order valence-electron chi connectivity index (χ2n) is 9.47. The molecular weight excluding hydrogens is 499 g/mol. The van der Waals surface area contributed by atoms with Crippen molar-refractivity contribution in [2.45, 2.75) is 76.9 Å². The molecule has 1 fully saturated rings. The van der Waals surface area contributed by atoms with Crippen molar-refractivity contribution in [3.05, 3.63) is 57.6 Å². The molecule has 2 aliphatic rings. The molecule has 1 aliphatic heterocycles. The van der Waals surface area contributed by atoms with Crippen LogP contribution in [0.15, 0.2) is 36.4 Å². The van der Waals surface area contributed by atoms with E-state index in [0.29, 0.717) is 47.4 Å². The largest absolute Gasteiger partial charge is 0.486 e. The lowest BCUT2D eigenvalue weighted by Crippen LogP contribution is -2.51. The van der Waals surface area contributed by atoms with Crippen molar-refractivity contribution in [3.63, 3.8) is 0 Å². The van der Waals surface area contributed by atoms with E-state index < -0.39 is 6.04 Å². The van der Waals surface area contributed by atoms with E-state index in [1.54, 1.807) is 23.1 Å². The van der Waals surface area contributed by atoms with Crippen molar-refractivity contribution in [2.75, 3.05) is 13.2 Å². The Bertz CT molecular complexity index is 1050. The second kappa shape index (κ2) is 12.7. The first-order chi connectivity index (χ1) is 17.5. The van der Waals surface area contributed by atoms with Gasteiger partial charge in [-0.25, -0.2) is 0 Å². The number of hydrogen-bond donors (Lipinski definition) is 1. The van der Waals surface area contributed by atoms with E-state index in [-0.39, 0.29) is 30.8 Å². The summed E-state index contributed by atoms with van der Waals surface area (Å²) in [6, 6.07) is 10.6. The molecule has 1 aliphatic carbocycles. The Morgan fingerprint density at radius 3 is 2.42 bits per heavy atom. The van der Waals surface area contributed by atoms with E-state index >= 15 is 0 Å². The SMILES string of the molecule is CC[C@H](C(=O)NC1CCCCC1)N(Cc1c(Cl)cccc1Cl)C(=O)CCc1ccc2c(c1)OCCO2. The normalized spacial score (nSPS) is 16.3. The predicted octanol–water partition coefficient (Wildman–Crippen LogP) is 5.95. The van der Waals surface area contributed by atoms with Gasteiger partial charge in [0.15, 0.2) is 11.5 Å². The fourth-order valence-electron chi connectivity index (χ4n) is 4.96. The maximum atomic E-state index is 13.6. The van der Waals surface area contributed by atoms with Gasteiger partial charge < -0.3 is 19.7 Å². The number of fused-ring (bicyclic) bond motifs is 1. The molecule has 0 bridgehead atoms. The molecule has 194 valence electrons. The number of rotatable bonds is 9. The monoisotopic (exact) mass is 532 g/mol. The summed E-state index contributed by atoms with van der Waals surface area (Å²) < 4.78 is 11.3. The third-order valence-electron chi connectivity index (χ3n) is 6.96. The van der Waals surface area contributed by atoms with Crippen molar-refractivity contribution < 1.29 is 19.1 Å². The average Bonchev–Trinajstić information content (AvgIpc) is 2.89. The number of benzene rings is 2. The third-order valence-corrected chi connectivity index (χ3v) is 7.67. The van der Waals surface area contributed by atoms with E-state index in [2.05, 4.69) is 5.32 Å². The summed E-state index contributed by atoms with van der Waals surface area (Å²) in [5.74, 6) is 1.19. The molecule has 8 heteroatoms. The first kappa shape index (κ1) is 26.6. The van der Waals surface area contributed by atoms with E-state index in [9.17, 15) is 9.59 Å². The lowest BCUT2D eigenvalue weighted by atomic mass is 9.95. The number of ether oxygens (including phenoxy) is 2. The van der Waals surface area contributed by atoms with Gasteiger partial charge in [-0.2, -0.15) is 0 Å². The first-order valence-electron chi connectivity index (χ1n) is 12.9. The Kier molecular flexibility index (Phi) is 9.38. The number of nitrogens with zero attached hydrogens (tertiary/aromatic N) is 1. The molecule has 0 spiro atoms. The van der Waals surface area contributed by atoms with Gasteiger partial charge in [0.2, 0.25) is 11.8 Å². The third kappa shape index (κ3) is 6.65. The van der Waals surface area contributed by atoms with E-state index in [4.69, 9.17) is 32.7 Å². The van der Waals surface area contributed by atoms with Crippen molar-refractivity contribution in [3.8, 4) is 11.5 Å². The lowest BCUT2D eigenvalue weighted by Gasteiger charge is -2.33. The van der Waals surface area contributed by atoms with Crippen LogP contribution < -0.4 is 14.8 Å². The highest BCUT2D eigenvalue weighted by Crippen LogP contribution is 2.32. The standard InChI is InChI=1S/C28H34Cl2N2O4/c1-2-24(28(34)31-20-7-4-3-5-8-20)32(18-21-22(29)9-6-10-23(21)30)27(33)14-12-19-11-13-25-26(17-19)36-16-15-35-25/h6,9-11,13,17,20,24H,2-5,7-8,12,14-16,18H2,1H3,(H,31,34)/t24-/m1/s1. The molecule has 0 saturated heterocycles. The summed E-state index contributed by atoms with van der Waals surface area (Å²) in [6.45, 7) is 3.15. The number of aryl methyl sites for hydroxylation is 1. The topological polar surface area (TPSA) is 67.9 Å². The van der Waals surface area contributed by atoms with Gasteiger partial charge in [0.25, 0.3) is 0 Å². The molecule has 6 nitrogen and oxygen atoms in total. The predicted molar refractivity (Wildman–Crippen MR) is 142 cm³/mol. The van der Waals surface area contributed by atoms with E-state index in [1.165, 1.54) is 6.42 Å². The summed E-state index contributed by atoms with van der Waals surface area (Å²) >= 11 is 12.9. The lowest BCUT2D eigenvalue weighted by molar-refractivity contribution is -0.141. The Hall–Kier alpha value is -2.44. The summed E-state index contributed by atoms with van der Waals surface area (Å²) in [4.78, 5) is 28.7. The summed E-state index contributed by atoms with van der Waals surface area (Å²) in [7, 11) is 0. The van der Waals surface area contributed by atoms with Gasteiger partial charge in [-0.05, 0) is 55.5 Å². The summed E-state index contributed by atoms with van der Waals surface area (Å²) in [5, 5.41) is 4.16. The fourth-order valence-corrected chi connectivity index (χ4v) is 5.47. The highest BCUT2D eigenvalue weighted by atomic mass is 35.5. The van der Waals surface area contributed by atoms with Crippen LogP contribution in [0.2, 0.25) is 10.0 Å². The smallest absolute Gasteiger partial charge is 0.243 e. The zero-order valence-electron chi connectivity index (χ0n) is 20.7. The number of nitrogens with one attached hydrogen (secondary N) is 1. The molecular formula is C28H34Cl2N2O4. The van der Waals surface area contributed by atoms with Crippen LogP contribution in [0.25, 0.3) is 0 Å². The van der Waals surface area contributed by atoms with Crippen molar-refractivity contribution in [1.29, 1.82) is 0 Å². The zero-order chi connectivity index (χ0) is 25.5. The molecule has 2 aromatic rings. The number of carbonyl (C=O) groups excluding carboxylic acids is 2. The first-order valence-corrected chi connectivity index (χ1v) is 13.6. The maximum Gasteiger partial charge on any atom is 0.243 e. The molecule has 36 heavy (non-hydrogen) atoms. The van der Waals surface area contributed by atoms with Gasteiger partial charge >= 0.3 is 0 Å². The minimum absolute atomic E-state index is 0.111. The zero-order valence-corrected chi connectivity index (χ0v) is 22.2. The van der Waals surface area contributed by atoms with Crippen molar-refractivity contribution in [1.82, 2.24) is 10.2 Å². The van der Waals surface area contributed by atoms with Crippen LogP contribution in [0.1, 0.15) is 63.0 Å². The summed E-state index contributed by atoms with van der Waals surface area (Å²) in [6.07, 6.45) is 6.67. The maximum absolute atomic E-state index is 13.6. The van der Waals surface area contributed by atoms with E-state index in [1.807, 2.05) is 25.1 Å². The Labute approximate surface area is 223 Å². The van der Waals surface area contributed by atoms with Gasteiger partial charge in [0, 0.05) is 34.6 Å². The molecule has 0 aromatic heterocycles. The fraction of sp³-hybridized carbons (Fsp3) is 0.500. The average molecular weight is 533 g/mol. The minimum Gasteiger partial charge on any atom is -0.486 e. The van der Waals surface area contributed by atoms with Crippen LogP contribution in [0.4, 0.5) is 0 Å². The number of halogens is 2. The van der Waals surface area contributed by atoms with E-state index in [0.717, 1.165) is 37.0 Å². The molecule has 1 heterocycles. The van der Waals surface area contributed by atoms with Crippen LogP contribution >= 0.6 is 23.2 Å². The second-order valence-corrected chi connectivity index (χ2v) is 10.3. The van der Waals surface area contributed by atoms with Crippen molar-refractivity contribution in [2.24, 2.45) is 0 Å². The van der Waals surface area contributed by atoms with Gasteiger partial charge in [-0.1, -0.05) is 61.5 Å². The highest BCUT2D eigenvalue weighted by molar-refractivity contribution is 6.36. The van der Waals surface area contributed by atoms with Gasteiger partial charge in [0.1, 0.15) is 19.3 Å². The number of hydrogen-bond acceptors (Lipinski definition) is 4. The number of carbonyl (C=O) groups is 2. The molecule has 1 N–H and O–H groups in total. The molecule has 4 rings (SSSR count). The van der Waals surface area contributed by atoms with Gasteiger partial charge in [-0.3, -0.25) is 9.59 Å². The van der Waals surface area contributed by atoms with Crippen LogP contribution in [-0.2, 0) is 22.6 Å².